The molecule has 1 unspecified atom stereocenters. The summed E-state index contributed by atoms with van der Waals surface area (Å²) < 4.78 is 100.0. The van der Waals surface area contributed by atoms with Crippen molar-refractivity contribution in [3.05, 3.63) is 281 Å². The molecule has 7 atom stereocenters. The normalized spacial score (nSPS) is 16.9. The fraction of sp³-hybridized carbons (Fsp3) is 0.282. The molecule has 0 saturated carbocycles. The highest BCUT2D eigenvalue weighted by molar-refractivity contribution is 7.89. The van der Waals surface area contributed by atoms with Crippen LogP contribution in [0.25, 0.3) is 0 Å². The Morgan fingerprint density at radius 1 is 0.395 bits per heavy atom. The lowest BCUT2D eigenvalue weighted by atomic mass is 10.0. The number of para-hydroxylation sites is 1. The van der Waals surface area contributed by atoms with Gasteiger partial charge in [0.1, 0.15) is 77.5 Å². The maximum atomic E-state index is 13.2. The predicted octanol–water partition coefficient (Wildman–Crippen LogP) is 11.1. The molecule has 3 saturated heterocycles. The molecule has 0 spiro atoms. The minimum atomic E-state index is -3.93. The zero-order valence-electron chi connectivity index (χ0n) is 63.1. The lowest BCUT2D eigenvalue weighted by Crippen LogP contribution is -2.51. The van der Waals surface area contributed by atoms with Crippen molar-refractivity contribution in [2.75, 3.05) is 19.6 Å². The SMILES string of the molecule is Cc1ccc(S(=O)(=O)N2CCC[C@H]2C(=O)N[C@@H](Cc2ccc(OC(C)c3ccccc3)cc2)C(=O)O)cc1.Cc1ccc(S(=O)(=O)N2CCC[C@H]2C(=O)N[C@@H](Cc2ccc(OCc3ccccc3)cc2)C(=O)O)cc1.Cc1ccc(S(=O)(=O)N2CCC[C@H]2C(=O)N[C@@H](Cc2ccc(Oc3ccccc3C(=O)O)cc2)C(=O)O)cc1. The minimum Gasteiger partial charge on any atom is -0.489 e. The topological polar surface area (TPSA) is 376 Å². The van der Waals surface area contributed by atoms with Gasteiger partial charge >= 0.3 is 23.9 Å². The Labute approximate surface area is 662 Å². The maximum absolute atomic E-state index is 13.2. The van der Waals surface area contributed by atoms with Gasteiger partial charge in [-0.2, -0.15) is 12.9 Å². The van der Waals surface area contributed by atoms with Gasteiger partial charge in [-0.3, -0.25) is 14.4 Å². The fourth-order valence-electron chi connectivity index (χ4n) is 13.2. The van der Waals surface area contributed by atoms with Crippen LogP contribution in [0.1, 0.15) is 106 Å². The van der Waals surface area contributed by atoms with E-state index in [-0.39, 0.29) is 77.4 Å². The first kappa shape index (κ1) is 84.8. The van der Waals surface area contributed by atoms with Crippen molar-refractivity contribution in [1.82, 2.24) is 28.9 Å². The molecular weight excluding hydrogens is 1520 g/mol. The molecule has 7 N–H and O–H groups in total. The van der Waals surface area contributed by atoms with Gasteiger partial charge in [0, 0.05) is 38.9 Å². The highest BCUT2D eigenvalue weighted by Gasteiger charge is 2.44. The van der Waals surface area contributed by atoms with Crippen molar-refractivity contribution in [1.29, 1.82) is 0 Å². The number of hydrogen-bond acceptors (Lipinski definition) is 16. The Morgan fingerprint density at radius 2 is 0.719 bits per heavy atom. The molecule has 0 aliphatic carbocycles. The molecule has 0 aromatic heterocycles. The van der Waals surface area contributed by atoms with Crippen LogP contribution in [0.15, 0.2) is 245 Å². The third kappa shape index (κ3) is 22.4. The first-order valence-corrected chi connectivity index (χ1v) is 41.3. The molecule has 3 amide bonds. The van der Waals surface area contributed by atoms with Gasteiger partial charge in [-0.05, 0) is 179 Å². The van der Waals surface area contributed by atoms with Crippen LogP contribution in [0.3, 0.4) is 0 Å². The summed E-state index contributed by atoms with van der Waals surface area (Å²) in [5.74, 6) is -4.85. The standard InChI is InChI=1S/C29H32N2O6S.C28H28N2O8S.C28H30N2O6S/c1-20-10-16-25(17-11-20)38(35,36)31-18-6-9-27(31)28(32)30-26(29(33)34)19-22-12-14-24(15-13-22)37-21(2)23-7-4-3-5-8-23;1-18-8-14-21(15-9-18)39(36,37)30-16-4-6-24(30)26(31)29-23(28(34)35)17-19-10-12-20(13-11-19)38-25-7-3-2-5-22(25)27(32)33;1-20-9-15-24(16-10-20)37(34,35)30-17-5-8-26(30)27(31)29-25(28(32)33)18-21-11-13-23(14-12-21)36-19-22-6-3-2-4-7-22/h3-5,7-8,10-17,21,26-27H,6,9,18-19H2,1-2H3,(H,30,32)(H,33,34);2-3,5,7-15,23-24H,4,6,16-17H2,1H3,(H,29,31)(H,32,33)(H,34,35);2-4,6-7,9-16,25-26H,5,8,17-19H2,1H3,(H,29,31)(H,32,33)/t21?,26-,27-;23-,24-;25-,26-/m000/s1. The molecule has 3 aliphatic rings. The number of rotatable bonds is 30. The van der Waals surface area contributed by atoms with Crippen LogP contribution in [0, 0.1) is 20.8 Å². The van der Waals surface area contributed by atoms with Crippen LogP contribution < -0.4 is 30.2 Å². The third-order valence-corrected chi connectivity index (χ3v) is 25.3. The number of amides is 3. The Bertz CT molecular complexity index is 5190. The van der Waals surface area contributed by atoms with E-state index in [9.17, 15) is 79.2 Å². The molecule has 29 heteroatoms. The average molecular weight is 1610 g/mol. The number of ether oxygens (including phenoxy) is 3. The van der Waals surface area contributed by atoms with Crippen LogP contribution in [0.4, 0.5) is 0 Å². The van der Waals surface area contributed by atoms with E-state index in [0.717, 1.165) is 32.1 Å². The molecule has 0 radical (unpaired) electrons. The first-order valence-electron chi connectivity index (χ1n) is 37.0. The molecule has 12 rings (SSSR count). The molecular formula is C85H90N6O20S3. The van der Waals surface area contributed by atoms with Crippen LogP contribution in [-0.4, -0.2) is 156 Å². The number of nitrogens with zero attached hydrogens (tertiary/aromatic N) is 3. The first-order chi connectivity index (χ1) is 54.4. The van der Waals surface area contributed by atoms with E-state index >= 15 is 0 Å². The van der Waals surface area contributed by atoms with Crippen LogP contribution in [0.2, 0.25) is 0 Å². The Balaban J connectivity index is 0.000000181. The van der Waals surface area contributed by atoms with E-state index in [0.29, 0.717) is 72.6 Å². The van der Waals surface area contributed by atoms with Crippen molar-refractivity contribution in [2.24, 2.45) is 0 Å². The summed E-state index contributed by atoms with van der Waals surface area (Å²) in [4.78, 5) is 86.8. The molecule has 9 aromatic carbocycles. The smallest absolute Gasteiger partial charge is 0.339 e. The van der Waals surface area contributed by atoms with Gasteiger partial charge in [-0.25, -0.2) is 44.4 Å². The van der Waals surface area contributed by atoms with Crippen LogP contribution >= 0.6 is 0 Å². The van der Waals surface area contributed by atoms with Gasteiger partial charge in [0.15, 0.2) is 0 Å². The predicted molar refractivity (Wildman–Crippen MR) is 423 cm³/mol. The second-order valence-corrected chi connectivity index (χ2v) is 33.5. The van der Waals surface area contributed by atoms with Crippen molar-refractivity contribution < 1.29 is 93.5 Å². The number of nitrogens with one attached hydrogen (secondary N) is 3. The molecule has 0 bridgehead atoms. The number of aromatic carboxylic acids is 1. The Hall–Kier alpha value is -11.6. The summed E-state index contributed by atoms with van der Waals surface area (Å²) in [5.41, 5.74) is 6.81. The van der Waals surface area contributed by atoms with Crippen LogP contribution in [-0.2, 0) is 84.7 Å². The Morgan fingerprint density at radius 3 is 1.07 bits per heavy atom. The maximum Gasteiger partial charge on any atom is 0.339 e. The number of hydrogen-bond donors (Lipinski definition) is 7. The number of carbonyl (C=O) groups excluding carboxylic acids is 3. The molecule has 598 valence electrons. The second kappa shape index (κ2) is 38.8. The van der Waals surface area contributed by atoms with E-state index in [1.807, 2.05) is 88.4 Å². The fourth-order valence-corrected chi connectivity index (χ4v) is 18.2. The molecule has 3 fully saturated rings. The summed E-state index contributed by atoms with van der Waals surface area (Å²) in [6.45, 7) is 8.50. The van der Waals surface area contributed by atoms with Gasteiger partial charge in [0.25, 0.3) is 0 Å². The van der Waals surface area contributed by atoms with Crippen molar-refractivity contribution >= 4 is 71.7 Å². The summed E-state index contributed by atoms with van der Waals surface area (Å²) in [6, 6.07) is 58.8. The summed E-state index contributed by atoms with van der Waals surface area (Å²) >= 11 is 0. The average Bonchev–Trinajstić information content (AvgIpc) is 1.55. The molecule has 26 nitrogen and oxygen atoms in total. The molecule has 3 heterocycles. The van der Waals surface area contributed by atoms with Gasteiger partial charge in [0.05, 0.1) is 14.7 Å². The second-order valence-electron chi connectivity index (χ2n) is 27.9. The Kier molecular flexibility index (Phi) is 28.8. The van der Waals surface area contributed by atoms with E-state index in [1.165, 1.54) is 57.1 Å². The lowest BCUT2D eigenvalue weighted by Gasteiger charge is -2.25. The van der Waals surface area contributed by atoms with Gasteiger partial charge < -0.3 is 50.6 Å². The van der Waals surface area contributed by atoms with E-state index < -0.39 is 108 Å². The number of aliphatic carboxylic acids is 3. The number of aryl methyl sites for hydroxylation is 3. The summed E-state index contributed by atoms with van der Waals surface area (Å²) in [7, 11) is -11.7. The zero-order valence-corrected chi connectivity index (χ0v) is 65.5. The number of carboxylic acids is 4. The van der Waals surface area contributed by atoms with Crippen molar-refractivity contribution in [2.45, 2.75) is 149 Å². The van der Waals surface area contributed by atoms with E-state index in [2.05, 4.69) is 16.0 Å². The number of sulfonamides is 3. The van der Waals surface area contributed by atoms with E-state index in [4.69, 9.17) is 14.2 Å². The van der Waals surface area contributed by atoms with Crippen molar-refractivity contribution in [3.63, 3.8) is 0 Å². The highest BCUT2D eigenvalue weighted by Crippen LogP contribution is 2.32. The highest BCUT2D eigenvalue weighted by atomic mass is 32.2. The molecule has 114 heavy (non-hydrogen) atoms. The van der Waals surface area contributed by atoms with Gasteiger partial charge in [-0.1, -0.05) is 162 Å². The third-order valence-electron chi connectivity index (χ3n) is 19.5. The molecule has 9 aromatic rings. The number of benzene rings is 9. The zero-order chi connectivity index (χ0) is 81.9. The summed E-state index contributed by atoms with van der Waals surface area (Å²) in [5, 5.41) is 46.2. The largest absolute Gasteiger partial charge is 0.489 e. The van der Waals surface area contributed by atoms with Crippen LogP contribution in [0.5, 0.6) is 23.0 Å². The monoisotopic (exact) mass is 1610 g/mol. The molecule has 3 aliphatic heterocycles. The van der Waals surface area contributed by atoms with Gasteiger partial charge in [0.2, 0.25) is 47.8 Å². The lowest BCUT2D eigenvalue weighted by molar-refractivity contribution is -0.142. The van der Waals surface area contributed by atoms with Crippen molar-refractivity contribution in [3.8, 4) is 23.0 Å². The van der Waals surface area contributed by atoms with Gasteiger partial charge in [-0.15, -0.1) is 0 Å². The number of carbonyl (C=O) groups is 7. The number of carboxylic acid groups (broad SMARTS) is 4. The minimum absolute atomic E-state index is 0.000536. The quantitative estimate of drug-likeness (QED) is 0.0220. The van der Waals surface area contributed by atoms with E-state index in [1.54, 1.807) is 121 Å². The summed E-state index contributed by atoms with van der Waals surface area (Å²) in [6.07, 6.45) is 2.36.